The molecule has 0 saturated heterocycles. The Morgan fingerprint density at radius 3 is 2.62 bits per heavy atom. The van der Waals surface area contributed by atoms with Crippen molar-refractivity contribution < 1.29 is 19.2 Å². The number of nitrogens with two attached hydrogens (primary N) is 1. The molecule has 10 nitrogen and oxygen atoms in total. The molecule has 1 aliphatic rings. The molecule has 0 aromatic carbocycles. The maximum absolute atomic E-state index is 13.1. The predicted molar refractivity (Wildman–Crippen MR) is 132 cm³/mol. The van der Waals surface area contributed by atoms with E-state index in [0.29, 0.717) is 43.3 Å². The minimum absolute atomic E-state index is 0.195. The molecule has 1 aliphatic heterocycles. The van der Waals surface area contributed by atoms with Gasteiger partial charge in [0.25, 0.3) is 5.91 Å². The van der Waals surface area contributed by atoms with E-state index >= 15 is 0 Å². The number of hydroxylamine groups is 2. The number of carbonyl (C=O) groups excluding carboxylic acids is 2. The highest BCUT2D eigenvalue weighted by Crippen LogP contribution is 2.27. The second kappa shape index (κ2) is 13.1. The summed E-state index contributed by atoms with van der Waals surface area (Å²) in [6.45, 7) is 11.6. The Kier molecular flexibility index (Phi) is 10.6. The highest BCUT2D eigenvalue weighted by molar-refractivity contribution is 6.04. The number of unbranched alkanes of at least 4 members (excludes halogenated alkanes) is 3. The molecule has 0 atom stereocenters. The molecule has 2 heterocycles. The van der Waals surface area contributed by atoms with E-state index in [1.165, 1.54) is 5.06 Å². The van der Waals surface area contributed by atoms with Crippen LogP contribution in [0.15, 0.2) is 16.8 Å². The average molecular weight is 477 g/mol. The van der Waals surface area contributed by atoms with Gasteiger partial charge in [-0.25, -0.2) is 14.9 Å². The molecule has 0 spiro atoms. The molecule has 0 bridgehead atoms. The largest absolute Gasteiger partial charge is 0.444 e. The van der Waals surface area contributed by atoms with E-state index in [9.17, 15) is 9.59 Å². The molecule has 34 heavy (non-hydrogen) atoms. The number of aryl methyl sites for hydroxylation is 1. The van der Waals surface area contributed by atoms with Crippen LogP contribution in [0.4, 0.5) is 10.5 Å². The summed E-state index contributed by atoms with van der Waals surface area (Å²) in [6.07, 6.45) is 7.95. The Labute approximate surface area is 202 Å². The number of hydrogen-bond donors (Lipinski definition) is 2. The average Bonchev–Trinajstić information content (AvgIpc) is 3.02. The fraction of sp³-hybridized carbons (Fsp3) is 0.667. The number of amidine groups is 1. The molecular formula is C24H40N6O4. The Bertz CT molecular complexity index is 879. The molecule has 0 aliphatic carbocycles. The molecule has 1 aromatic rings. The molecule has 0 unspecified atom stereocenters. The van der Waals surface area contributed by atoms with Gasteiger partial charge in [-0.1, -0.05) is 19.8 Å². The third-order valence-corrected chi connectivity index (χ3v) is 4.98. The van der Waals surface area contributed by atoms with E-state index in [-0.39, 0.29) is 18.4 Å². The molecular weight excluding hydrogens is 436 g/mol. The molecule has 190 valence electrons. The number of hydrogen-bond acceptors (Lipinski definition) is 7. The smallest absolute Gasteiger partial charge is 0.407 e. The van der Waals surface area contributed by atoms with Crippen LogP contribution in [0.2, 0.25) is 0 Å². The summed E-state index contributed by atoms with van der Waals surface area (Å²) in [7, 11) is 0. The molecule has 2 amide bonds. The normalized spacial score (nSPS) is 13.4. The number of nitrogens with zero attached hydrogens (tertiary/aromatic N) is 4. The van der Waals surface area contributed by atoms with Crippen LogP contribution < -0.4 is 11.1 Å². The van der Waals surface area contributed by atoms with Gasteiger partial charge in [0.15, 0.2) is 0 Å². The Morgan fingerprint density at radius 2 is 1.94 bits per heavy atom. The predicted octanol–water partition coefficient (Wildman–Crippen LogP) is 3.93. The van der Waals surface area contributed by atoms with E-state index in [0.717, 1.165) is 37.8 Å². The van der Waals surface area contributed by atoms with Crippen molar-refractivity contribution in [2.24, 2.45) is 10.7 Å². The topological polar surface area (TPSA) is 124 Å². The minimum atomic E-state index is -0.489. The number of aliphatic imine (C=N–C) groups is 1. The van der Waals surface area contributed by atoms with Crippen LogP contribution in [0, 0.1) is 0 Å². The summed E-state index contributed by atoms with van der Waals surface area (Å²) in [4.78, 5) is 34.7. The van der Waals surface area contributed by atoms with Gasteiger partial charge in [0.2, 0.25) is 0 Å². The quantitative estimate of drug-likeness (QED) is 0.348. The minimum Gasteiger partial charge on any atom is -0.444 e. The number of aromatic nitrogens is 2. The van der Waals surface area contributed by atoms with Crippen molar-refractivity contribution in [3.05, 3.63) is 17.5 Å². The van der Waals surface area contributed by atoms with Crippen LogP contribution in [-0.2, 0) is 20.9 Å². The lowest BCUT2D eigenvalue weighted by molar-refractivity contribution is -0.180. The lowest BCUT2D eigenvalue weighted by Crippen LogP contribution is -2.34. The Hall–Kier alpha value is -2.88. The number of fused-ring (bicyclic) bond motifs is 1. The van der Waals surface area contributed by atoms with Gasteiger partial charge in [0, 0.05) is 31.6 Å². The Balaban J connectivity index is 1.91. The first-order valence-corrected chi connectivity index (χ1v) is 12.2. The van der Waals surface area contributed by atoms with Gasteiger partial charge in [0.1, 0.15) is 17.1 Å². The number of rotatable bonds is 12. The number of nitrogens with one attached hydrogen (secondary N) is 1. The summed E-state index contributed by atoms with van der Waals surface area (Å²) in [5, 5.41) is 8.63. The van der Waals surface area contributed by atoms with Crippen LogP contribution in [0.5, 0.6) is 0 Å². The van der Waals surface area contributed by atoms with Crippen LogP contribution in [0.1, 0.15) is 78.8 Å². The third-order valence-electron chi connectivity index (χ3n) is 4.98. The van der Waals surface area contributed by atoms with Crippen molar-refractivity contribution in [2.75, 3.05) is 19.7 Å². The SMILES string of the molecule is CCCN(OCC)C(=O)C1=Cc2c(cnn2CCCCCCNC(=O)OC(C)(C)C)N=C(N)C1. The van der Waals surface area contributed by atoms with Crippen molar-refractivity contribution in [3.63, 3.8) is 0 Å². The van der Waals surface area contributed by atoms with E-state index in [4.69, 9.17) is 15.3 Å². The van der Waals surface area contributed by atoms with Crippen molar-refractivity contribution >= 4 is 29.6 Å². The standard InChI is InChI=1S/C24H40N6O4/c1-6-13-30(33-7-2)22(31)18-15-20-19(28-21(25)16-18)17-27-29(20)14-11-9-8-10-12-26-23(32)34-24(3,4)5/h15,17H,6-14,16H2,1-5H3,(H2,25,28)(H,26,32). The van der Waals surface area contributed by atoms with Gasteiger partial charge >= 0.3 is 6.09 Å². The van der Waals surface area contributed by atoms with Crippen molar-refractivity contribution in [1.82, 2.24) is 20.2 Å². The van der Waals surface area contributed by atoms with Gasteiger partial charge in [-0.15, -0.1) is 0 Å². The van der Waals surface area contributed by atoms with E-state index in [2.05, 4.69) is 15.4 Å². The van der Waals surface area contributed by atoms with E-state index < -0.39 is 5.60 Å². The second-order valence-electron chi connectivity index (χ2n) is 9.26. The van der Waals surface area contributed by atoms with Crippen molar-refractivity contribution in [3.8, 4) is 0 Å². The summed E-state index contributed by atoms with van der Waals surface area (Å²) < 4.78 is 7.10. The second-order valence-corrected chi connectivity index (χ2v) is 9.26. The van der Waals surface area contributed by atoms with E-state index in [1.54, 1.807) is 6.20 Å². The van der Waals surface area contributed by atoms with Crippen LogP contribution in [-0.4, -0.2) is 58.0 Å². The fourth-order valence-corrected chi connectivity index (χ4v) is 3.53. The van der Waals surface area contributed by atoms with Gasteiger partial charge in [-0.2, -0.15) is 5.10 Å². The number of carbonyl (C=O) groups is 2. The van der Waals surface area contributed by atoms with Gasteiger partial charge in [0.05, 0.1) is 18.5 Å². The van der Waals surface area contributed by atoms with Gasteiger partial charge < -0.3 is 15.8 Å². The maximum Gasteiger partial charge on any atom is 0.407 e. The third kappa shape index (κ3) is 8.81. The van der Waals surface area contributed by atoms with Crippen LogP contribution >= 0.6 is 0 Å². The summed E-state index contributed by atoms with van der Waals surface area (Å²) in [5.41, 5.74) is 7.58. The molecule has 0 fully saturated rings. The molecule has 0 saturated carbocycles. The lowest BCUT2D eigenvalue weighted by Gasteiger charge is -2.21. The lowest BCUT2D eigenvalue weighted by atomic mass is 10.1. The molecule has 10 heteroatoms. The first-order valence-electron chi connectivity index (χ1n) is 12.2. The highest BCUT2D eigenvalue weighted by atomic mass is 16.7. The highest BCUT2D eigenvalue weighted by Gasteiger charge is 2.23. The molecule has 3 N–H and O–H groups in total. The zero-order valence-corrected chi connectivity index (χ0v) is 21.2. The van der Waals surface area contributed by atoms with Gasteiger partial charge in [-0.3, -0.25) is 14.3 Å². The molecule has 1 aromatic heterocycles. The number of alkyl carbamates (subject to hydrolysis) is 1. The zero-order chi connectivity index (χ0) is 25.1. The summed E-state index contributed by atoms with van der Waals surface area (Å²) in [6, 6.07) is 0. The first kappa shape index (κ1) is 27.4. The van der Waals surface area contributed by atoms with E-state index in [1.807, 2.05) is 45.4 Å². The zero-order valence-electron chi connectivity index (χ0n) is 21.2. The van der Waals surface area contributed by atoms with Gasteiger partial charge in [-0.05, 0) is 53.0 Å². The molecule has 0 radical (unpaired) electrons. The monoisotopic (exact) mass is 476 g/mol. The van der Waals surface area contributed by atoms with Crippen molar-refractivity contribution in [1.29, 1.82) is 0 Å². The maximum atomic E-state index is 13.1. The first-order chi connectivity index (χ1) is 16.1. The summed E-state index contributed by atoms with van der Waals surface area (Å²) in [5.74, 6) is 0.184. The Morgan fingerprint density at radius 1 is 1.21 bits per heavy atom. The number of amides is 2. The van der Waals surface area contributed by atoms with Crippen molar-refractivity contribution in [2.45, 2.75) is 85.3 Å². The van der Waals surface area contributed by atoms with Crippen LogP contribution in [0.25, 0.3) is 6.08 Å². The molecule has 2 rings (SSSR count). The van der Waals surface area contributed by atoms with Crippen LogP contribution in [0.3, 0.4) is 0 Å². The fourth-order valence-electron chi connectivity index (χ4n) is 3.53. The summed E-state index contributed by atoms with van der Waals surface area (Å²) >= 11 is 0. The number of ether oxygens (including phenoxy) is 1.